The number of carbonyl (C=O) groups excluding carboxylic acids is 3. The first-order valence-corrected chi connectivity index (χ1v) is 27.8. The van der Waals surface area contributed by atoms with Crippen molar-refractivity contribution < 1.29 is 28.6 Å². The van der Waals surface area contributed by atoms with E-state index in [1.165, 1.54) is 128 Å². The van der Waals surface area contributed by atoms with Crippen LogP contribution in [0.2, 0.25) is 0 Å². The van der Waals surface area contributed by atoms with Crippen LogP contribution in [0.15, 0.2) is 97.2 Å². The average Bonchev–Trinajstić information content (AvgIpc) is 3.33. The molecule has 0 saturated heterocycles. The molecule has 1 unspecified atom stereocenters. The van der Waals surface area contributed by atoms with Crippen LogP contribution in [0.4, 0.5) is 0 Å². The summed E-state index contributed by atoms with van der Waals surface area (Å²) >= 11 is 0. The van der Waals surface area contributed by atoms with Crippen LogP contribution in [0.3, 0.4) is 0 Å². The molecule has 0 aromatic heterocycles. The maximum absolute atomic E-state index is 12.8. The van der Waals surface area contributed by atoms with Gasteiger partial charge in [-0.15, -0.1) is 0 Å². The fraction of sp³-hybridized carbons (Fsp3) is 0.689. The largest absolute Gasteiger partial charge is 0.462 e. The van der Waals surface area contributed by atoms with Gasteiger partial charge in [-0.3, -0.25) is 14.4 Å². The van der Waals surface area contributed by atoms with E-state index in [4.69, 9.17) is 14.2 Å². The Morgan fingerprint density at radius 1 is 0.328 bits per heavy atom. The lowest BCUT2D eigenvalue weighted by atomic mass is 10.1. The molecule has 0 spiro atoms. The third kappa shape index (κ3) is 53.2. The number of ether oxygens (including phenoxy) is 3. The molecule has 0 heterocycles. The highest BCUT2D eigenvalue weighted by Gasteiger charge is 2.19. The van der Waals surface area contributed by atoms with Crippen LogP contribution in [0.1, 0.15) is 252 Å². The third-order valence-corrected chi connectivity index (χ3v) is 11.6. The first kappa shape index (κ1) is 63.3. The summed E-state index contributed by atoms with van der Waals surface area (Å²) < 4.78 is 16.8. The zero-order chi connectivity index (χ0) is 48.6. The maximum Gasteiger partial charge on any atom is 0.306 e. The number of allylic oxidation sites excluding steroid dienone is 16. The van der Waals surface area contributed by atoms with Crippen molar-refractivity contribution >= 4 is 17.9 Å². The normalized spacial score (nSPS) is 12.8. The highest BCUT2D eigenvalue weighted by molar-refractivity contribution is 5.71. The Labute approximate surface area is 413 Å². The standard InChI is InChI=1S/C61H102O6/c1-4-7-10-13-16-19-22-24-26-28-30-32-34-36-39-42-45-48-51-54-60(63)66-57-58(56-65-59(62)53-50-47-44-41-38-21-18-15-12-9-6-3)67-61(64)55-52-49-46-43-40-37-35-33-31-29-27-25-23-20-17-14-11-8-5-2/h7,10,16-17,19-20,23-26,30,32,36,39,45,48,58H,4-6,8-9,11-15,18,21-22,27-29,31,33-35,37-38,40-44,46-47,49-57H2,1-3H3/b10-7-,19-16-,20-17-,25-23-,26-24-,32-30-,39-36-,48-45-. The van der Waals surface area contributed by atoms with Crippen molar-refractivity contribution in [2.45, 2.75) is 258 Å². The third-order valence-electron chi connectivity index (χ3n) is 11.6. The van der Waals surface area contributed by atoms with E-state index in [1.54, 1.807) is 0 Å². The van der Waals surface area contributed by atoms with Gasteiger partial charge in [0.1, 0.15) is 13.2 Å². The lowest BCUT2D eigenvalue weighted by molar-refractivity contribution is -0.166. The van der Waals surface area contributed by atoms with Gasteiger partial charge < -0.3 is 14.2 Å². The molecule has 0 aliphatic heterocycles. The number of unbranched alkanes of at least 4 members (excludes halogenated alkanes) is 23. The molecule has 0 aromatic rings. The molecule has 6 heteroatoms. The van der Waals surface area contributed by atoms with Gasteiger partial charge in [0.25, 0.3) is 0 Å². The fourth-order valence-corrected chi connectivity index (χ4v) is 7.46. The van der Waals surface area contributed by atoms with Gasteiger partial charge in [-0.2, -0.15) is 0 Å². The predicted octanol–water partition coefficient (Wildman–Crippen LogP) is 18.5. The molecule has 382 valence electrons. The minimum atomic E-state index is -0.809. The quantitative estimate of drug-likeness (QED) is 0.0199. The van der Waals surface area contributed by atoms with Crippen LogP contribution in [0.25, 0.3) is 0 Å². The van der Waals surface area contributed by atoms with Crippen molar-refractivity contribution in [3.05, 3.63) is 97.2 Å². The second-order valence-electron chi connectivity index (χ2n) is 18.1. The molecule has 0 N–H and O–H groups in total. The van der Waals surface area contributed by atoms with Crippen LogP contribution in [0, 0.1) is 0 Å². The zero-order valence-electron chi connectivity index (χ0n) is 43.6. The lowest BCUT2D eigenvalue weighted by Gasteiger charge is -2.18. The Kier molecular flexibility index (Phi) is 51.9. The lowest BCUT2D eigenvalue weighted by Crippen LogP contribution is -2.30. The molecular weight excluding hydrogens is 829 g/mol. The fourth-order valence-electron chi connectivity index (χ4n) is 7.46. The molecule has 0 aromatic carbocycles. The number of hydrogen-bond donors (Lipinski definition) is 0. The van der Waals surface area contributed by atoms with E-state index in [-0.39, 0.29) is 37.5 Å². The summed E-state index contributed by atoms with van der Waals surface area (Å²) in [7, 11) is 0. The van der Waals surface area contributed by atoms with Crippen LogP contribution < -0.4 is 0 Å². The monoisotopic (exact) mass is 931 g/mol. The van der Waals surface area contributed by atoms with E-state index in [0.29, 0.717) is 19.3 Å². The van der Waals surface area contributed by atoms with E-state index >= 15 is 0 Å². The van der Waals surface area contributed by atoms with E-state index in [2.05, 4.69) is 112 Å². The van der Waals surface area contributed by atoms with E-state index in [9.17, 15) is 14.4 Å². The van der Waals surface area contributed by atoms with Crippen LogP contribution >= 0.6 is 0 Å². The van der Waals surface area contributed by atoms with Gasteiger partial charge in [0, 0.05) is 19.3 Å². The summed E-state index contributed by atoms with van der Waals surface area (Å²) in [4.78, 5) is 38.0. The van der Waals surface area contributed by atoms with Gasteiger partial charge in [0.15, 0.2) is 6.10 Å². The summed E-state index contributed by atoms with van der Waals surface area (Å²) in [5.74, 6) is -0.991. The molecule has 0 rings (SSSR count). The maximum atomic E-state index is 12.8. The Morgan fingerprint density at radius 2 is 0.657 bits per heavy atom. The van der Waals surface area contributed by atoms with Gasteiger partial charge in [-0.05, 0) is 83.5 Å². The predicted molar refractivity (Wildman–Crippen MR) is 288 cm³/mol. The molecule has 0 fully saturated rings. The van der Waals surface area contributed by atoms with E-state index < -0.39 is 6.10 Å². The minimum absolute atomic E-state index is 0.101. The molecule has 0 bridgehead atoms. The molecule has 0 aliphatic carbocycles. The zero-order valence-corrected chi connectivity index (χ0v) is 43.6. The molecular formula is C61H102O6. The van der Waals surface area contributed by atoms with Crippen molar-refractivity contribution in [2.75, 3.05) is 13.2 Å². The van der Waals surface area contributed by atoms with Crippen LogP contribution in [0.5, 0.6) is 0 Å². The first-order chi connectivity index (χ1) is 33.0. The summed E-state index contributed by atoms with van der Waals surface area (Å²) in [6.45, 7) is 6.43. The van der Waals surface area contributed by atoms with Crippen molar-refractivity contribution in [1.29, 1.82) is 0 Å². The van der Waals surface area contributed by atoms with Gasteiger partial charge >= 0.3 is 17.9 Å². The molecule has 1 atom stereocenters. The van der Waals surface area contributed by atoms with Crippen molar-refractivity contribution in [1.82, 2.24) is 0 Å². The SMILES string of the molecule is CC/C=C\C/C=C\C/C=C\C/C=C\C/C=C\C/C=C\CCC(=O)OCC(COC(=O)CCCCCCCCCCCCC)OC(=O)CCCCCCCCCCCC/C=C\C=C/CCCCC. The highest BCUT2D eigenvalue weighted by atomic mass is 16.6. The summed E-state index contributed by atoms with van der Waals surface area (Å²) in [5.41, 5.74) is 0. The van der Waals surface area contributed by atoms with Crippen molar-refractivity contribution in [3.63, 3.8) is 0 Å². The number of hydrogen-bond acceptors (Lipinski definition) is 6. The Balaban J connectivity index is 4.46. The highest BCUT2D eigenvalue weighted by Crippen LogP contribution is 2.15. The Bertz CT molecular complexity index is 1350. The number of rotatable bonds is 49. The topological polar surface area (TPSA) is 78.9 Å². The van der Waals surface area contributed by atoms with Crippen molar-refractivity contribution in [2.24, 2.45) is 0 Å². The second-order valence-corrected chi connectivity index (χ2v) is 18.1. The van der Waals surface area contributed by atoms with Gasteiger partial charge in [-0.1, -0.05) is 246 Å². The number of carbonyl (C=O) groups is 3. The van der Waals surface area contributed by atoms with Gasteiger partial charge in [0.05, 0.1) is 0 Å². The Hall–Kier alpha value is -3.67. The van der Waals surface area contributed by atoms with Crippen LogP contribution in [-0.2, 0) is 28.6 Å². The number of esters is 3. The first-order valence-electron chi connectivity index (χ1n) is 27.8. The van der Waals surface area contributed by atoms with E-state index in [1.807, 2.05) is 6.08 Å². The summed E-state index contributed by atoms with van der Waals surface area (Å²) in [5, 5.41) is 0. The molecule has 0 saturated carbocycles. The van der Waals surface area contributed by atoms with Crippen molar-refractivity contribution in [3.8, 4) is 0 Å². The molecule has 67 heavy (non-hydrogen) atoms. The Morgan fingerprint density at radius 3 is 1.09 bits per heavy atom. The second kappa shape index (κ2) is 54.9. The van der Waals surface area contributed by atoms with Crippen LogP contribution in [-0.4, -0.2) is 37.2 Å². The minimum Gasteiger partial charge on any atom is -0.462 e. The molecule has 0 aliphatic rings. The summed E-state index contributed by atoms with van der Waals surface area (Å²) in [6, 6.07) is 0. The van der Waals surface area contributed by atoms with E-state index in [0.717, 1.165) is 77.0 Å². The van der Waals surface area contributed by atoms with Gasteiger partial charge in [0.2, 0.25) is 0 Å². The summed E-state index contributed by atoms with van der Waals surface area (Å²) in [6.07, 6.45) is 72.6. The average molecular weight is 931 g/mol. The molecule has 0 radical (unpaired) electrons. The molecule has 0 amide bonds. The molecule has 6 nitrogen and oxygen atoms in total. The smallest absolute Gasteiger partial charge is 0.306 e. The van der Waals surface area contributed by atoms with Gasteiger partial charge in [-0.25, -0.2) is 0 Å².